The number of sulfonamides is 1. The number of carbonyl (C=O) groups excluding carboxylic acids is 1. The van der Waals surface area contributed by atoms with Crippen molar-refractivity contribution in [2.75, 3.05) is 25.0 Å². The molecule has 0 spiro atoms. The van der Waals surface area contributed by atoms with E-state index in [4.69, 9.17) is 23.2 Å². The molecule has 1 aliphatic rings. The minimum Gasteiger partial charge on any atom is -0.396 e. The van der Waals surface area contributed by atoms with Crippen molar-refractivity contribution < 1.29 is 18.3 Å². The van der Waals surface area contributed by atoms with Gasteiger partial charge >= 0.3 is 0 Å². The van der Waals surface area contributed by atoms with E-state index < -0.39 is 28.0 Å². The van der Waals surface area contributed by atoms with Crippen molar-refractivity contribution in [3.63, 3.8) is 0 Å². The van der Waals surface area contributed by atoms with Crippen molar-refractivity contribution in [1.82, 2.24) is 14.1 Å². The average Bonchev–Trinajstić information content (AvgIpc) is 2.75. The van der Waals surface area contributed by atoms with Crippen molar-refractivity contribution in [3.8, 4) is 0 Å². The number of aliphatic hydroxyl groups is 1. The molecule has 0 saturated carbocycles. The third-order valence-electron chi connectivity index (χ3n) is 5.07. The monoisotopic (exact) mass is 488 g/mol. The lowest BCUT2D eigenvalue weighted by atomic mass is 10.0. The minimum absolute atomic E-state index is 0.0159. The number of nitrogens with zero attached hydrogens (tertiary/aromatic N) is 3. The maximum absolute atomic E-state index is 13.2. The molecule has 3 rings (SSSR count). The summed E-state index contributed by atoms with van der Waals surface area (Å²) in [6, 6.07) is 4.56. The van der Waals surface area contributed by atoms with E-state index >= 15 is 0 Å². The Labute approximate surface area is 189 Å². The molecular formula is C19H22Cl2N4O5S. The van der Waals surface area contributed by atoms with Gasteiger partial charge in [0.1, 0.15) is 11.6 Å². The Morgan fingerprint density at radius 2 is 2.10 bits per heavy atom. The number of piperidine rings is 1. The van der Waals surface area contributed by atoms with E-state index in [-0.39, 0.29) is 39.7 Å². The van der Waals surface area contributed by atoms with Gasteiger partial charge in [-0.05, 0) is 43.4 Å². The van der Waals surface area contributed by atoms with Gasteiger partial charge in [0.25, 0.3) is 5.56 Å². The van der Waals surface area contributed by atoms with Gasteiger partial charge in [-0.2, -0.15) is 9.40 Å². The Morgan fingerprint density at radius 1 is 1.35 bits per heavy atom. The smallest absolute Gasteiger partial charge is 0.287 e. The highest BCUT2D eigenvalue weighted by molar-refractivity contribution is 7.89. The summed E-state index contributed by atoms with van der Waals surface area (Å²) in [6.07, 6.45) is 2.61. The third kappa shape index (κ3) is 5.27. The zero-order chi connectivity index (χ0) is 22.8. The average molecular weight is 489 g/mol. The highest BCUT2D eigenvalue weighted by Crippen LogP contribution is 2.27. The molecule has 1 aromatic carbocycles. The first-order valence-corrected chi connectivity index (χ1v) is 11.8. The molecule has 0 aliphatic carbocycles. The van der Waals surface area contributed by atoms with Gasteiger partial charge in [-0.15, -0.1) is 0 Å². The second kappa shape index (κ2) is 9.66. The van der Waals surface area contributed by atoms with Crippen molar-refractivity contribution in [3.05, 3.63) is 50.4 Å². The normalized spacial score (nSPS) is 17.5. The SMILES string of the molecule is Cc1ccc(NC(=O)Cn2ncc(Cl)c(Cl)c2=O)cc1S(=O)(=O)N1CCCC(CO)C1. The Hall–Kier alpha value is -1.98. The first kappa shape index (κ1) is 23.7. The summed E-state index contributed by atoms with van der Waals surface area (Å²) in [7, 11) is -3.80. The van der Waals surface area contributed by atoms with Gasteiger partial charge in [-0.25, -0.2) is 13.1 Å². The summed E-state index contributed by atoms with van der Waals surface area (Å²) in [6.45, 7) is 1.81. The highest BCUT2D eigenvalue weighted by Gasteiger charge is 2.31. The molecule has 1 saturated heterocycles. The number of halogens is 2. The van der Waals surface area contributed by atoms with Crippen LogP contribution in [0.4, 0.5) is 5.69 Å². The van der Waals surface area contributed by atoms with E-state index in [1.165, 1.54) is 10.4 Å². The molecule has 0 bridgehead atoms. The van der Waals surface area contributed by atoms with Gasteiger partial charge in [0.2, 0.25) is 15.9 Å². The molecule has 2 aromatic rings. The number of rotatable bonds is 6. The lowest BCUT2D eigenvalue weighted by molar-refractivity contribution is -0.117. The van der Waals surface area contributed by atoms with E-state index in [1.54, 1.807) is 19.1 Å². The predicted octanol–water partition coefficient (Wildman–Crippen LogP) is 1.89. The Kier molecular flexibility index (Phi) is 7.38. The molecule has 1 amide bonds. The van der Waals surface area contributed by atoms with Gasteiger partial charge in [-0.3, -0.25) is 9.59 Å². The standard InChI is InChI=1S/C19H22Cl2N4O5S/c1-12-4-5-14(23-17(27)10-25-19(28)18(21)15(20)8-22-25)7-16(12)31(29,30)24-6-2-3-13(9-24)11-26/h4-5,7-8,13,26H,2-3,6,9-11H2,1H3,(H,23,27). The van der Waals surface area contributed by atoms with Crippen LogP contribution in [0.1, 0.15) is 18.4 Å². The number of hydrogen-bond acceptors (Lipinski definition) is 6. The van der Waals surface area contributed by atoms with Gasteiger partial charge in [0.15, 0.2) is 0 Å². The van der Waals surface area contributed by atoms with Gasteiger partial charge < -0.3 is 10.4 Å². The fraction of sp³-hybridized carbons (Fsp3) is 0.421. The van der Waals surface area contributed by atoms with Crippen LogP contribution in [0.5, 0.6) is 0 Å². The summed E-state index contributed by atoms with van der Waals surface area (Å²) < 4.78 is 28.5. The number of nitrogens with one attached hydrogen (secondary N) is 1. The number of carbonyl (C=O) groups is 1. The van der Waals surface area contributed by atoms with Crippen LogP contribution < -0.4 is 10.9 Å². The van der Waals surface area contributed by atoms with E-state index in [9.17, 15) is 23.1 Å². The van der Waals surface area contributed by atoms with E-state index in [0.717, 1.165) is 17.3 Å². The number of aryl methyl sites for hydroxylation is 1. The summed E-state index contributed by atoms with van der Waals surface area (Å²) in [5.41, 5.74) is 0.0875. The first-order chi connectivity index (χ1) is 14.6. The van der Waals surface area contributed by atoms with Crippen LogP contribution in [0.2, 0.25) is 10.0 Å². The van der Waals surface area contributed by atoms with Crippen molar-refractivity contribution in [2.45, 2.75) is 31.2 Å². The maximum Gasteiger partial charge on any atom is 0.287 e. The molecule has 9 nitrogen and oxygen atoms in total. The number of anilines is 1. The molecule has 1 unspecified atom stereocenters. The molecule has 2 heterocycles. The molecule has 0 radical (unpaired) electrons. The number of benzene rings is 1. The lowest BCUT2D eigenvalue weighted by Crippen LogP contribution is -2.41. The first-order valence-electron chi connectivity index (χ1n) is 9.56. The van der Waals surface area contributed by atoms with E-state index in [0.29, 0.717) is 18.5 Å². The van der Waals surface area contributed by atoms with Crippen LogP contribution in [0.3, 0.4) is 0 Å². The summed E-state index contributed by atoms with van der Waals surface area (Å²) >= 11 is 11.5. The fourth-order valence-corrected chi connectivity index (χ4v) is 5.46. The Balaban J connectivity index is 1.80. The van der Waals surface area contributed by atoms with E-state index in [2.05, 4.69) is 10.4 Å². The van der Waals surface area contributed by atoms with Crippen molar-refractivity contribution in [1.29, 1.82) is 0 Å². The van der Waals surface area contributed by atoms with Gasteiger partial charge in [0, 0.05) is 25.4 Å². The number of aliphatic hydroxyl groups excluding tert-OH is 1. The number of hydrogen-bond donors (Lipinski definition) is 2. The maximum atomic E-state index is 13.2. The van der Waals surface area contributed by atoms with Crippen LogP contribution in [-0.2, 0) is 21.4 Å². The summed E-state index contributed by atoms with van der Waals surface area (Å²) in [5.74, 6) is -0.678. The van der Waals surface area contributed by atoms with Crippen LogP contribution >= 0.6 is 23.2 Å². The zero-order valence-corrected chi connectivity index (χ0v) is 19.0. The van der Waals surface area contributed by atoms with E-state index in [1.807, 2.05) is 0 Å². The van der Waals surface area contributed by atoms with Crippen LogP contribution in [0.15, 0.2) is 34.1 Å². The fourth-order valence-electron chi connectivity index (χ4n) is 3.38. The third-order valence-corrected chi connectivity index (χ3v) is 7.82. The second-order valence-electron chi connectivity index (χ2n) is 7.35. The Morgan fingerprint density at radius 3 is 2.81 bits per heavy atom. The molecule has 1 fully saturated rings. The molecule has 31 heavy (non-hydrogen) atoms. The van der Waals surface area contributed by atoms with Gasteiger partial charge in [-0.1, -0.05) is 29.3 Å². The number of amides is 1. The second-order valence-corrected chi connectivity index (χ2v) is 10.0. The van der Waals surface area contributed by atoms with Crippen LogP contribution in [0.25, 0.3) is 0 Å². The van der Waals surface area contributed by atoms with Crippen molar-refractivity contribution >= 4 is 44.8 Å². The summed E-state index contributed by atoms with van der Waals surface area (Å²) in [5, 5.41) is 15.5. The lowest BCUT2D eigenvalue weighted by Gasteiger charge is -2.31. The quantitative estimate of drug-likeness (QED) is 0.639. The topological polar surface area (TPSA) is 122 Å². The molecule has 2 N–H and O–H groups in total. The predicted molar refractivity (Wildman–Crippen MR) is 117 cm³/mol. The van der Waals surface area contributed by atoms with Crippen molar-refractivity contribution in [2.24, 2.45) is 5.92 Å². The largest absolute Gasteiger partial charge is 0.396 e. The molecule has 12 heteroatoms. The number of aromatic nitrogens is 2. The van der Waals surface area contributed by atoms with Crippen LogP contribution in [0, 0.1) is 12.8 Å². The zero-order valence-electron chi connectivity index (χ0n) is 16.7. The molecular weight excluding hydrogens is 467 g/mol. The van der Waals surface area contributed by atoms with Gasteiger partial charge in [0.05, 0.1) is 16.1 Å². The molecule has 168 valence electrons. The Bertz CT molecular complexity index is 1150. The summed E-state index contributed by atoms with van der Waals surface area (Å²) in [4.78, 5) is 24.5. The molecule has 1 aromatic heterocycles. The molecule has 1 aliphatic heterocycles. The minimum atomic E-state index is -3.80. The molecule has 1 atom stereocenters. The van der Waals surface area contributed by atoms with Crippen LogP contribution in [-0.4, -0.2) is 53.2 Å². The highest BCUT2D eigenvalue weighted by atomic mass is 35.5.